The topological polar surface area (TPSA) is 12.9 Å². The first-order valence-electron chi connectivity index (χ1n) is 7.50. The van der Waals surface area contributed by atoms with Crippen molar-refractivity contribution in [1.82, 2.24) is 4.98 Å². The van der Waals surface area contributed by atoms with Gasteiger partial charge in [0.1, 0.15) is 5.82 Å². The van der Waals surface area contributed by atoms with Gasteiger partial charge in [-0.2, -0.15) is 0 Å². The van der Waals surface area contributed by atoms with Crippen molar-refractivity contribution in [3.05, 3.63) is 91.0 Å². The van der Waals surface area contributed by atoms with E-state index < -0.39 is 0 Å². The van der Waals surface area contributed by atoms with Crippen LogP contribution < -0.4 is 0 Å². The van der Waals surface area contributed by atoms with E-state index in [1.54, 1.807) is 18.3 Å². The van der Waals surface area contributed by atoms with E-state index in [1.807, 2.05) is 36.5 Å². The standard InChI is InChI=1S/C21H14FN/c22-19-5-3-4-16(13-19)20-6-1-2-7-21(20)17-8-9-18-14-23-11-10-15(18)12-17/h1-14H. The molecule has 0 atom stereocenters. The van der Waals surface area contributed by atoms with Gasteiger partial charge in [0, 0.05) is 17.8 Å². The van der Waals surface area contributed by atoms with E-state index in [0.717, 1.165) is 33.0 Å². The van der Waals surface area contributed by atoms with Gasteiger partial charge in [-0.15, -0.1) is 0 Å². The number of rotatable bonds is 2. The maximum absolute atomic E-state index is 13.6. The molecule has 0 radical (unpaired) electrons. The third kappa shape index (κ3) is 2.59. The van der Waals surface area contributed by atoms with Crippen LogP contribution in [-0.2, 0) is 0 Å². The summed E-state index contributed by atoms with van der Waals surface area (Å²) in [7, 11) is 0. The SMILES string of the molecule is Fc1cccc(-c2ccccc2-c2ccc3cnccc3c2)c1. The van der Waals surface area contributed by atoms with Crippen LogP contribution in [0.2, 0.25) is 0 Å². The Morgan fingerprint density at radius 3 is 2.22 bits per heavy atom. The molecule has 2 heteroatoms. The van der Waals surface area contributed by atoms with E-state index in [1.165, 1.54) is 6.07 Å². The van der Waals surface area contributed by atoms with E-state index >= 15 is 0 Å². The molecule has 0 spiro atoms. The number of hydrogen-bond donors (Lipinski definition) is 0. The van der Waals surface area contributed by atoms with Crippen molar-refractivity contribution in [1.29, 1.82) is 0 Å². The normalized spacial score (nSPS) is 10.8. The van der Waals surface area contributed by atoms with Crippen LogP contribution >= 0.6 is 0 Å². The number of aromatic nitrogens is 1. The van der Waals surface area contributed by atoms with Crippen LogP contribution in [0.4, 0.5) is 4.39 Å². The average molecular weight is 299 g/mol. The van der Waals surface area contributed by atoms with Gasteiger partial charge in [-0.3, -0.25) is 4.98 Å². The maximum atomic E-state index is 13.6. The molecule has 0 aliphatic rings. The molecule has 0 bridgehead atoms. The van der Waals surface area contributed by atoms with Gasteiger partial charge < -0.3 is 0 Å². The Morgan fingerprint density at radius 2 is 1.43 bits per heavy atom. The Balaban J connectivity index is 1.91. The first-order valence-corrected chi connectivity index (χ1v) is 7.50. The van der Waals surface area contributed by atoms with E-state index in [2.05, 4.69) is 29.2 Å². The molecular formula is C21H14FN. The molecule has 0 amide bonds. The summed E-state index contributed by atoms with van der Waals surface area (Å²) in [4.78, 5) is 4.15. The minimum absolute atomic E-state index is 0.220. The van der Waals surface area contributed by atoms with Crippen LogP contribution in [0.25, 0.3) is 33.0 Å². The maximum Gasteiger partial charge on any atom is 0.123 e. The minimum atomic E-state index is -0.220. The van der Waals surface area contributed by atoms with Gasteiger partial charge >= 0.3 is 0 Å². The largest absolute Gasteiger partial charge is 0.264 e. The lowest BCUT2D eigenvalue weighted by Gasteiger charge is -2.11. The summed E-state index contributed by atoms with van der Waals surface area (Å²) in [5.74, 6) is -0.220. The second kappa shape index (κ2) is 5.65. The summed E-state index contributed by atoms with van der Waals surface area (Å²) < 4.78 is 13.6. The quantitative estimate of drug-likeness (QED) is 0.462. The first kappa shape index (κ1) is 13.6. The van der Waals surface area contributed by atoms with E-state index in [-0.39, 0.29) is 5.82 Å². The Labute approximate surface area is 134 Å². The van der Waals surface area contributed by atoms with E-state index in [9.17, 15) is 4.39 Å². The van der Waals surface area contributed by atoms with Crippen molar-refractivity contribution in [3.63, 3.8) is 0 Å². The molecule has 0 aliphatic heterocycles. The van der Waals surface area contributed by atoms with E-state index in [4.69, 9.17) is 0 Å². The second-order valence-electron chi connectivity index (χ2n) is 5.49. The molecule has 0 aliphatic carbocycles. The summed E-state index contributed by atoms with van der Waals surface area (Å²) in [6, 6.07) is 23.1. The Morgan fingerprint density at radius 1 is 0.652 bits per heavy atom. The molecule has 1 heterocycles. The lowest BCUT2D eigenvalue weighted by molar-refractivity contribution is 0.628. The number of benzene rings is 3. The van der Waals surface area contributed by atoms with Crippen LogP contribution in [0.15, 0.2) is 85.2 Å². The van der Waals surface area contributed by atoms with Gasteiger partial charge in [0.05, 0.1) is 0 Å². The molecule has 0 fully saturated rings. The highest BCUT2D eigenvalue weighted by Crippen LogP contribution is 2.33. The zero-order valence-corrected chi connectivity index (χ0v) is 12.4. The van der Waals surface area contributed by atoms with Gasteiger partial charge in [-0.25, -0.2) is 4.39 Å². The van der Waals surface area contributed by atoms with Crippen molar-refractivity contribution in [2.75, 3.05) is 0 Å². The molecule has 0 saturated carbocycles. The molecule has 3 aromatic carbocycles. The zero-order chi connectivity index (χ0) is 15.6. The fraction of sp³-hybridized carbons (Fsp3) is 0. The van der Waals surface area contributed by atoms with Gasteiger partial charge in [0.25, 0.3) is 0 Å². The molecule has 0 N–H and O–H groups in total. The third-order valence-electron chi connectivity index (χ3n) is 4.01. The molecule has 1 aromatic heterocycles. The molecule has 0 saturated heterocycles. The molecule has 1 nitrogen and oxygen atoms in total. The number of pyridine rings is 1. The van der Waals surface area contributed by atoms with E-state index in [0.29, 0.717) is 0 Å². The van der Waals surface area contributed by atoms with Crippen LogP contribution in [-0.4, -0.2) is 4.98 Å². The smallest absolute Gasteiger partial charge is 0.123 e. The highest BCUT2D eigenvalue weighted by Gasteiger charge is 2.08. The Kier molecular flexibility index (Phi) is 3.35. The molecule has 4 rings (SSSR count). The number of fused-ring (bicyclic) bond motifs is 1. The van der Waals surface area contributed by atoms with Crippen LogP contribution in [0.5, 0.6) is 0 Å². The fourth-order valence-corrected chi connectivity index (χ4v) is 2.89. The lowest BCUT2D eigenvalue weighted by atomic mass is 9.93. The van der Waals surface area contributed by atoms with Crippen molar-refractivity contribution in [2.24, 2.45) is 0 Å². The van der Waals surface area contributed by atoms with Crippen molar-refractivity contribution in [2.45, 2.75) is 0 Å². The molecule has 110 valence electrons. The summed E-state index contributed by atoms with van der Waals surface area (Å²) >= 11 is 0. The summed E-state index contributed by atoms with van der Waals surface area (Å²) in [6.07, 6.45) is 3.65. The number of nitrogens with zero attached hydrogens (tertiary/aromatic N) is 1. The Hall–Kier alpha value is -3.00. The predicted octanol–water partition coefficient (Wildman–Crippen LogP) is 5.71. The number of hydrogen-bond acceptors (Lipinski definition) is 1. The van der Waals surface area contributed by atoms with Crippen molar-refractivity contribution in [3.8, 4) is 22.3 Å². The van der Waals surface area contributed by atoms with Crippen molar-refractivity contribution >= 4 is 10.8 Å². The predicted molar refractivity (Wildman–Crippen MR) is 92.6 cm³/mol. The lowest BCUT2D eigenvalue weighted by Crippen LogP contribution is -1.86. The third-order valence-corrected chi connectivity index (χ3v) is 4.01. The molecule has 0 unspecified atom stereocenters. The van der Waals surface area contributed by atoms with Gasteiger partial charge in [-0.05, 0) is 51.9 Å². The second-order valence-corrected chi connectivity index (χ2v) is 5.49. The number of halogens is 1. The minimum Gasteiger partial charge on any atom is -0.264 e. The molecule has 4 aromatic rings. The van der Waals surface area contributed by atoms with Crippen LogP contribution in [0.3, 0.4) is 0 Å². The Bertz CT molecular complexity index is 991. The first-order chi connectivity index (χ1) is 11.3. The van der Waals surface area contributed by atoms with Crippen LogP contribution in [0.1, 0.15) is 0 Å². The highest BCUT2D eigenvalue weighted by molar-refractivity contribution is 5.90. The molecule has 23 heavy (non-hydrogen) atoms. The summed E-state index contributed by atoms with van der Waals surface area (Å²) in [5.41, 5.74) is 4.12. The highest BCUT2D eigenvalue weighted by atomic mass is 19.1. The van der Waals surface area contributed by atoms with Gasteiger partial charge in [-0.1, -0.05) is 48.5 Å². The van der Waals surface area contributed by atoms with Crippen molar-refractivity contribution < 1.29 is 4.39 Å². The monoisotopic (exact) mass is 299 g/mol. The zero-order valence-electron chi connectivity index (χ0n) is 12.4. The van der Waals surface area contributed by atoms with Gasteiger partial charge in [0.2, 0.25) is 0 Å². The van der Waals surface area contributed by atoms with Gasteiger partial charge in [0.15, 0.2) is 0 Å². The summed E-state index contributed by atoms with van der Waals surface area (Å²) in [5, 5.41) is 2.26. The molecular weight excluding hydrogens is 285 g/mol. The summed E-state index contributed by atoms with van der Waals surface area (Å²) in [6.45, 7) is 0. The fourth-order valence-electron chi connectivity index (χ4n) is 2.89. The van der Waals surface area contributed by atoms with Crippen LogP contribution in [0, 0.1) is 5.82 Å². The average Bonchev–Trinajstić information content (AvgIpc) is 2.61.